The summed E-state index contributed by atoms with van der Waals surface area (Å²) < 4.78 is 16.6. The maximum atomic E-state index is 12.1. The molecule has 2 rings (SSSR count). The molecule has 0 aromatic heterocycles. The molecule has 0 spiro atoms. The number of aryl methyl sites for hydroxylation is 1. The number of carbonyl (C=O) groups is 1. The molecule has 2 aromatic carbocycles. The average Bonchev–Trinajstić information content (AvgIpc) is 2.67. The van der Waals surface area contributed by atoms with Crippen LogP contribution in [0.3, 0.4) is 0 Å². The summed E-state index contributed by atoms with van der Waals surface area (Å²) in [6, 6.07) is 11.5. The van der Waals surface area contributed by atoms with Crippen molar-refractivity contribution < 1.29 is 19.0 Å². The fourth-order valence-corrected chi connectivity index (χ4v) is 2.69. The van der Waals surface area contributed by atoms with E-state index in [0.717, 1.165) is 16.9 Å². The molecule has 6 heteroatoms. The molecule has 0 saturated carbocycles. The van der Waals surface area contributed by atoms with Gasteiger partial charge >= 0.3 is 0 Å². The SMILES string of the molecule is CCOc1c(/C=N/NC(=O)COc2cc(C)ccc2C(C)C)cccc1OC. The summed E-state index contributed by atoms with van der Waals surface area (Å²) in [7, 11) is 1.58. The molecule has 0 unspecified atom stereocenters. The van der Waals surface area contributed by atoms with E-state index in [2.05, 4.69) is 24.4 Å². The molecule has 1 N–H and O–H groups in total. The smallest absolute Gasteiger partial charge is 0.277 e. The van der Waals surface area contributed by atoms with Gasteiger partial charge in [-0.2, -0.15) is 5.10 Å². The fourth-order valence-electron chi connectivity index (χ4n) is 2.69. The molecular formula is C22H28N2O4. The Hall–Kier alpha value is -3.02. The van der Waals surface area contributed by atoms with Crippen LogP contribution in [0.15, 0.2) is 41.5 Å². The molecule has 0 bridgehead atoms. The van der Waals surface area contributed by atoms with Crippen molar-refractivity contribution in [3.8, 4) is 17.2 Å². The van der Waals surface area contributed by atoms with Crippen molar-refractivity contribution in [3.63, 3.8) is 0 Å². The van der Waals surface area contributed by atoms with E-state index in [1.807, 2.05) is 50.2 Å². The van der Waals surface area contributed by atoms with E-state index in [-0.39, 0.29) is 12.5 Å². The van der Waals surface area contributed by atoms with Crippen LogP contribution < -0.4 is 19.6 Å². The summed E-state index contributed by atoms with van der Waals surface area (Å²) in [6.45, 7) is 8.44. The number of benzene rings is 2. The molecule has 0 heterocycles. The minimum atomic E-state index is -0.340. The van der Waals surface area contributed by atoms with E-state index in [1.54, 1.807) is 7.11 Å². The first-order valence-corrected chi connectivity index (χ1v) is 9.31. The first-order chi connectivity index (χ1) is 13.5. The second kappa shape index (κ2) is 10.3. The number of hydrazone groups is 1. The van der Waals surface area contributed by atoms with Crippen molar-refractivity contribution >= 4 is 12.1 Å². The molecule has 6 nitrogen and oxygen atoms in total. The number of rotatable bonds is 9. The quantitative estimate of drug-likeness (QED) is 0.523. The first-order valence-electron chi connectivity index (χ1n) is 9.31. The van der Waals surface area contributed by atoms with Crippen molar-refractivity contribution in [3.05, 3.63) is 53.1 Å². The molecule has 0 saturated heterocycles. The van der Waals surface area contributed by atoms with E-state index in [0.29, 0.717) is 29.6 Å². The van der Waals surface area contributed by atoms with Crippen molar-refractivity contribution in [2.75, 3.05) is 20.3 Å². The maximum absolute atomic E-state index is 12.1. The predicted molar refractivity (Wildman–Crippen MR) is 111 cm³/mol. The van der Waals surface area contributed by atoms with Crippen molar-refractivity contribution in [1.29, 1.82) is 0 Å². The van der Waals surface area contributed by atoms with Gasteiger partial charge in [0.15, 0.2) is 18.1 Å². The van der Waals surface area contributed by atoms with E-state index in [1.165, 1.54) is 6.21 Å². The number of methoxy groups -OCH3 is 1. The van der Waals surface area contributed by atoms with Crippen LogP contribution in [0.2, 0.25) is 0 Å². The van der Waals surface area contributed by atoms with Gasteiger partial charge in [0.25, 0.3) is 5.91 Å². The van der Waals surface area contributed by atoms with Crippen LogP contribution >= 0.6 is 0 Å². The summed E-state index contributed by atoms with van der Waals surface area (Å²) in [6.07, 6.45) is 1.53. The highest BCUT2D eigenvalue weighted by Gasteiger charge is 2.11. The minimum absolute atomic E-state index is 0.114. The summed E-state index contributed by atoms with van der Waals surface area (Å²) >= 11 is 0. The fraction of sp³-hybridized carbons (Fsp3) is 0.364. The molecule has 28 heavy (non-hydrogen) atoms. The lowest BCUT2D eigenvalue weighted by Crippen LogP contribution is -2.25. The van der Waals surface area contributed by atoms with Gasteiger partial charge < -0.3 is 14.2 Å². The van der Waals surface area contributed by atoms with Gasteiger partial charge in [-0.25, -0.2) is 5.43 Å². The van der Waals surface area contributed by atoms with Crippen LogP contribution in [0.5, 0.6) is 17.2 Å². The first kappa shape index (κ1) is 21.3. The van der Waals surface area contributed by atoms with Gasteiger partial charge in [-0.3, -0.25) is 4.79 Å². The molecule has 0 radical (unpaired) electrons. The second-order valence-corrected chi connectivity index (χ2v) is 6.59. The normalized spacial score (nSPS) is 10.9. The number of amides is 1. The van der Waals surface area contributed by atoms with Crippen molar-refractivity contribution in [2.45, 2.75) is 33.6 Å². The average molecular weight is 384 g/mol. The van der Waals surface area contributed by atoms with Gasteiger partial charge in [-0.15, -0.1) is 0 Å². The Kier molecular flexibility index (Phi) is 7.87. The Morgan fingerprint density at radius 3 is 2.64 bits per heavy atom. The van der Waals surface area contributed by atoms with Gasteiger partial charge in [0.05, 0.1) is 19.9 Å². The molecule has 150 valence electrons. The van der Waals surface area contributed by atoms with Crippen LogP contribution in [0.4, 0.5) is 0 Å². The zero-order valence-corrected chi connectivity index (χ0v) is 17.1. The molecule has 1 amide bonds. The third kappa shape index (κ3) is 5.74. The molecule has 0 aliphatic carbocycles. The van der Waals surface area contributed by atoms with E-state index >= 15 is 0 Å². The monoisotopic (exact) mass is 384 g/mol. The van der Waals surface area contributed by atoms with Gasteiger partial charge in [0, 0.05) is 5.56 Å². The van der Waals surface area contributed by atoms with Gasteiger partial charge in [0.2, 0.25) is 0 Å². The zero-order valence-electron chi connectivity index (χ0n) is 17.1. The van der Waals surface area contributed by atoms with Crippen LogP contribution in [-0.2, 0) is 4.79 Å². The lowest BCUT2D eigenvalue weighted by molar-refractivity contribution is -0.123. The second-order valence-electron chi connectivity index (χ2n) is 6.59. The van der Waals surface area contributed by atoms with Crippen LogP contribution in [0, 0.1) is 6.92 Å². The zero-order chi connectivity index (χ0) is 20.5. The molecule has 0 aliphatic rings. The predicted octanol–water partition coefficient (Wildman–Crippen LogP) is 4.05. The number of para-hydroxylation sites is 1. The maximum Gasteiger partial charge on any atom is 0.277 e. The lowest BCUT2D eigenvalue weighted by Gasteiger charge is -2.14. The molecule has 0 aliphatic heterocycles. The summed E-state index contributed by atoms with van der Waals surface area (Å²) in [5, 5.41) is 4.01. The Morgan fingerprint density at radius 2 is 1.96 bits per heavy atom. The van der Waals surface area contributed by atoms with Crippen LogP contribution in [-0.4, -0.2) is 32.4 Å². The lowest BCUT2D eigenvalue weighted by atomic mass is 10.0. The highest BCUT2D eigenvalue weighted by atomic mass is 16.5. The Morgan fingerprint density at radius 1 is 1.18 bits per heavy atom. The van der Waals surface area contributed by atoms with E-state index in [4.69, 9.17) is 14.2 Å². The van der Waals surface area contributed by atoms with Crippen molar-refractivity contribution in [2.24, 2.45) is 5.10 Å². The van der Waals surface area contributed by atoms with E-state index < -0.39 is 0 Å². The molecule has 0 fully saturated rings. The van der Waals surface area contributed by atoms with Gasteiger partial charge in [-0.05, 0) is 49.1 Å². The third-order valence-electron chi connectivity index (χ3n) is 4.06. The topological polar surface area (TPSA) is 69.2 Å². The summed E-state index contributed by atoms with van der Waals surface area (Å²) in [4.78, 5) is 12.1. The Balaban J connectivity index is 1.99. The summed E-state index contributed by atoms with van der Waals surface area (Å²) in [5.74, 6) is 1.89. The number of ether oxygens (including phenoxy) is 3. The number of hydrogen-bond acceptors (Lipinski definition) is 5. The molecule has 2 aromatic rings. The van der Waals surface area contributed by atoms with Crippen LogP contribution in [0.25, 0.3) is 0 Å². The van der Waals surface area contributed by atoms with Crippen molar-refractivity contribution in [1.82, 2.24) is 5.43 Å². The molecular weight excluding hydrogens is 356 g/mol. The number of nitrogens with one attached hydrogen (secondary N) is 1. The Bertz CT molecular complexity index is 831. The minimum Gasteiger partial charge on any atom is -0.493 e. The van der Waals surface area contributed by atoms with E-state index in [9.17, 15) is 4.79 Å². The highest BCUT2D eigenvalue weighted by molar-refractivity contribution is 5.86. The standard InChI is InChI=1S/C22H28N2O4/c1-6-27-22-17(8-7-9-19(22)26-5)13-23-24-21(25)14-28-20-12-16(4)10-11-18(20)15(2)3/h7-13,15H,6,14H2,1-5H3,(H,24,25)/b23-13+. The number of nitrogens with zero attached hydrogens (tertiary/aromatic N) is 1. The summed E-state index contributed by atoms with van der Waals surface area (Å²) in [5.41, 5.74) is 5.34. The van der Waals surface area contributed by atoms with Gasteiger partial charge in [-0.1, -0.05) is 32.0 Å². The highest BCUT2D eigenvalue weighted by Crippen LogP contribution is 2.30. The largest absolute Gasteiger partial charge is 0.493 e. The molecule has 0 atom stereocenters. The Labute approximate surface area is 166 Å². The number of carbonyl (C=O) groups excluding carboxylic acids is 1. The number of hydrogen-bond donors (Lipinski definition) is 1. The van der Waals surface area contributed by atoms with Crippen LogP contribution in [0.1, 0.15) is 43.4 Å². The third-order valence-corrected chi connectivity index (χ3v) is 4.06. The van der Waals surface area contributed by atoms with Gasteiger partial charge in [0.1, 0.15) is 5.75 Å².